The van der Waals surface area contributed by atoms with Crippen molar-refractivity contribution in [2.24, 2.45) is 0 Å². The van der Waals surface area contributed by atoms with Gasteiger partial charge in [-0.3, -0.25) is 9.59 Å². The molecule has 0 saturated carbocycles. The summed E-state index contributed by atoms with van der Waals surface area (Å²) in [5.74, 6) is 0.469. The standard InChI is InChI=1S/C18H22BrN3O3/c1-4-5-10-22-17(23)9-7-15(20-22)18(24)21(2)12-13-11-14(19)6-8-16(13)25-3/h6-9,11H,4-5,10,12H2,1-3H3. The number of rotatable bonds is 7. The number of hydrogen-bond acceptors (Lipinski definition) is 4. The van der Waals surface area contributed by atoms with E-state index in [1.54, 1.807) is 19.1 Å². The van der Waals surface area contributed by atoms with Gasteiger partial charge in [-0.25, -0.2) is 4.68 Å². The predicted octanol–water partition coefficient (Wildman–Crippen LogP) is 3.09. The van der Waals surface area contributed by atoms with Crippen LogP contribution in [0.4, 0.5) is 0 Å². The molecule has 134 valence electrons. The number of carbonyl (C=O) groups is 1. The van der Waals surface area contributed by atoms with Gasteiger partial charge in [0.25, 0.3) is 11.5 Å². The van der Waals surface area contributed by atoms with Crippen LogP contribution in [-0.4, -0.2) is 34.7 Å². The van der Waals surface area contributed by atoms with Gasteiger partial charge in [-0.15, -0.1) is 0 Å². The second kappa shape index (κ2) is 8.80. The van der Waals surface area contributed by atoms with Gasteiger partial charge in [-0.05, 0) is 30.7 Å². The van der Waals surface area contributed by atoms with Crippen LogP contribution in [0, 0.1) is 0 Å². The van der Waals surface area contributed by atoms with Crippen LogP contribution in [0.5, 0.6) is 5.75 Å². The topological polar surface area (TPSA) is 64.4 Å². The maximum Gasteiger partial charge on any atom is 0.274 e. The Bertz CT molecular complexity index is 804. The van der Waals surface area contributed by atoms with Crippen molar-refractivity contribution >= 4 is 21.8 Å². The van der Waals surface area contributed by atoms with Gasteiger partial charge in [0.05, 0.1) is 7.11 Å². The molecule has 0 unspecified atom stereocenters. The molecular weight excluding hydrogens is 386 g/mol. The average Bonchev–Trinajstić information content (AvgIpc) is 2.60. The van der Waals surface area contributed by atoms with Crippen LogP contribution in [0.1, 0.15) is 35.8 Å². The summed E-state index contributed by atoms with van der Waals surface area (Å²) in [5, 5.41) is 4.21. The number of ether oxygens (including phenoxy) is 1. The lowest BCUT2D eigenvalue weighted by atomic mass is 10.2. The third kappa shape index (κ3) is 4.92. The molecule has 0 atom stereocenters. The molecular formula is C18H22BrN3O3. The Balaban J connectivity index is 2.20. The third-order valence-corrected chi connectivity index (χ3v) is 4.30. The molecule has 0 N–H and O–H groups in total. The van der Waals surface area contributed by atoms with Crippen LogP contribution < -0.4 is 10.3 Å². The van der Waals surface area contributed by atoms with Gasteiger partial charge in [-0.1, -0.05) is 29.3 Å². The van der Waals surface area contributed by atoms with E-state index in [9.17, 15) is 9.59 Å². The van der Waals surface area contributed by atoms with E-state index in [1.807, 2.05) is 25.1 Å². The molecule has 0 fully saturated rings. The fraction of sp³-hybridized carbons (Fsp3) is 0.389. The Morgan fingerprint density at radius 1 is 1.32 bits per heavy atom. The van der Waals surface area contributed by atoms with Crippen molar-refractivity contribution in [2.75, 3.05) is 14.2 Å². The number of methoxy groups -OCH3 is 1. The lowest BCUT2D eigenvalue weighted by molar-refractivity contribution is 0.0775. The minimum Gasteiger partial charge on any atom is -0.496 e. The van der Waals surface area contributed by atoms with Crippen molar-refractivity contribution in [3.63, 3.8) is 0 Å². The van der Waals surface area contributed by atoms with Crippen molar-refractivity contribution in [1.29, 1.82) is 0 Å². The first-order chi connectivity index (χ1) is 12.0. The molecule has 0 aliphatic rings. The molecule has 1 amide bonds. The predicted molar refractivity (Wildman–Crippen MR) is 99.9 cm³/mol. The first-order valence-corrected chi connectivity index (χ1v) is 8.91. The number of amides is 1. The van der Waals surface area contributed by atoms with E-state index >= 15 is 0 Å². The molecule has 0 spiro atoms. The molecule has 0 bridgehead atoms. The van der Waals surface area contributed by atoms with Gasteiger partial charge in [0.15, 0.2) is 0 Å². The fourth-order valence-electron chi connectivity index (χ4n) is 2.42. The largest absolute Gasteiger partial charge is 0.496 e. The van der Waals surface area contributed by atoms with E-state index in [2.05, 4.69) is 21.0 Å². The van der Waals surface area contributed by atoms with Gasteiger partial charge >= 0.3 is 0 Å². The number of nitrogens with zero attached hydrogens (tertiary/aromatic N) is 3. The number of benzene rings is 1. The van der Waals surface area contributed by atoms with Gasteiger partial charge in [-0.2, -0.15) is 5.10 Å². The van der Waals surface area contributed by atoms with Gasteiger partial charge < -0.3 is 9.64 Å². The molecule has 1 aromatic heterocycles. The van der Waals surface area contributed by atoms with E-state index in [-0.39, 0.29) is 17.2 Å². The molecule has 0 radical (unpaired) electrons. The Morgan fingerprint density at radius 3 is 2.76 bits per heavy atom. The Labute approximate surface area is 155 Å². The molecule has 2 aromatic rings. The zero-order valence-electron chi connectivity index (χ0n) is 14.7. The summed E-state index contributed by atoms with van der Waals surface area (Å²) >= 11 is 3.43. The summed E-state index contributed by atoms with van der Waals surface area (Å²) in [6.45, 7) is 2.93. The van der Waals surface area contributed by atoms with Crippen molar-refractivity contribution < 1.29 is 9.53 Å². The van der Waals surface area contributed by atoms with E-state index in [0.29, 0.717) is 18.8 Å². The highest BCUT2D eigenvalue weighted by molar-refractivity contribution is 9.10. The zero-order chi connectivity index (χ0) is 18.4. The molecule has 1 heterocycles. The third-order valence-electron chi connectivity index (χ3n) is 3.81. The quantitative estimate of drug-likeness (QED) is 0.707. The van der Waals surface area contributed by atoms with Crippen molar-refractivity contribution in [1.82, 2.24) is 14.7 Å². The smallest absolute Gasteiger partial charge is 0.274 e. The average molecular weight is 408 g/mol. The lowest BCUT2D eigenvalue weighted by Crippen LogP contribution is -2.31. The first-order valence-electron chi connectivity index (χ1n) is 8.12. The maximum atomic E-state index is 12.7. The van der Waals surface area contributed by atoms with E-state index in [0.717, 1.165) is 22.9 Å². The van der Waals surface area contributed by atoms with Crippen molar-refractivity contribution in [3.05, 3.63) is 56.4 Å². The minimum absolute atomic E-state index is 0.193. The number of aromatic nitrogens is 2. The molecule has 0 aliphatic carbocycles. The monoisotopic (exact) mass is 407 g/mol. The molecule has 2 rings (SSSR count). The van der Waals surface area contributed by atoms with Gasteiger partial charge in [0.1, 0.15) is 11.4 Å². The van der Waals surface area contributed by atoms with Crippen LogP contribution in [0.15, 0.2) is 39.6 Å². The van der Waals surface area contributed by atoms with Crippen LogP contribution in [0.25, 0.3) is 0 Å². The van der Waals surface area contributed by atoms with E-state index in [4.69, 9.17) is 4.74 Å². The Morgan fingerprint density at radius 2 is 2.08 bits per heavy atom. The van der Waals surface area contributed by atoms with Crippen LogP contribution in [0.3, 0.4) is 0 Å². The number of halogens is 1. The summed E-state index contributed by atoms with van der Waals surface area (Å²) < 4.78 is 7.61. The number of unbranched alkanes of at least 4 members (excludes halogenated alkanes) is 1. The normalized spacial score (nSPS) is 10.6. The number of hydrogen-bond donors (Lipinski definition) is 0. The van der Waals surface area contributed by atoms with Gasteiger partial charge in [0, 0.05) is 36.2 Å². The van der Waals surface area contributed by atoms with Crippen molar-refractivity contribution in [2.45, 2.75) is 32.9 Å². The van der Waals surface area contributed by atoms with Gasteiger partial charge in [0.2, 0.25) is 0 Å². The highest BCUT2D eigenvalue weighted by atomic mass is 79.9. The molecule has 0 saturated heterocycles. The second-order valence-corrected chi connectivity index (χ2v) is 6.67. The SMILES string of the molecule is CCCCn1nc(C(=O)N(C)Cc2cc(Br)ccc2OC)ccc1=O. The zero-order valence-corrected chi connectivity index (χ0v) is 16.2. The minimum atomic E-state index is -0.243. The lowest BCUT2D eigenvalue weighted by Gasteiger charge is -2.19. The number of aryl methyl sites for hydroxylation is 1. The van der Waals surface area contributed by atoms with E-state index < -0.39 is 0 Å². The Hall–Kier alpha value is -2.15. The summed E-state index contributed by atoms with van der Waals surface area (Å²) in [4.78, 5) is 26.1. The van der Waals surface area contributed by atoms with Crippen LogP contribution in [0.2, 0.25) is 0 Å². The highest BCUT2D eigenvalue weighted by Crippen LogP contribution is 2.24. The molecule has 7 heteroatoms. The highest BCUT2D eigenvalue weighted by Gasteiger charge is 2.17. The number of carbonyl (C=O) groups excluding carboxylic acids is 1. The summed E-state index contributed by atoms with van der Waals surface area (Å²) in [6, 6.07) is 8.51. The summed E-state index contributed by atoms with van der Waals surface area (Å²) in [7, 11) is 3.30. The summed E-state index contributed by atoms with van der Waals surface area (Å²) in [6.07, 6.45) is 1.80. The fourth-order valence-corrected chi connectivity index (χ4v) is 2.83. The molecule has 1 aromatic carbocycles. The first kappa shape index (κ1) is 19.2. The van der Waals surface area contributed by atoms with Crippen LogP contribution in [-0.2, 0) is 13.1 Å². The molecule has 25 heavy (non-hydrogen) atoms. The summed E-state index contributed by atoms with van der Waals surface area (Å²) in [5.41, 5.74) is 0.945. The maximum absolute atomic E-state index is 12.7. The second-order valence-electron chi connectivity index (χ2n) is 5.75. The molecule has 0 aliphatic heterocycles. The molecule has 6 nitrogen and oxygen atoms in total. The Kier molecular flexibility index (Phi) is 6.75. The van der Waals surface area contributed by atoms with Crippen LogP contribution >= 0.6 is 15.9 Å². The van der Waals surface area contributed by atoms with E-state index in [1.165, 1.54) is 16.8 Å². The van der Waals surface area contributed by atoms with Crippen molar-refractivity contribution in [3.8, 4) is 5.75 Å².